The molecule has 2 aromatic rings. The van der Waals surface area contributed by atoms with Gasteiger partial charge < -0.3 is 9.47 Å². The van der Waals surface area contributed by atoms with Crippen molar-refractivity contribution in [1.82, 2.24) is 0 Å². The van der Waals surface area contributed by atoms with E-state index in [2.05, 4.69) is 22.9 Å². The predicted octanol–water partition coefficient (Wildman–Crippen LogP) is 6.15. The maximum Gasteiger partial charge on any atom is 0.343 e. The van der Waals surface area contributed by atoms with Crippen molar-refractivity contribution in [2.24, 2.45) is 0 Å². The van der Waals surface area contributed by atoms with Gasteiger partial charge in [-0.2, -0.15) is 0 Å². The minimum absolute atomic E-state index is 0.235. The number of carbonyl (C=O) groups excluding carboxylic acids is 1. The van der Waals surface area contributed by atoms with Gasteiger partial charge in [-0.25, -0.2) is 4.79 Å². The molecule has 0 radical (unpaired) electrons. The lowest BCUT2D eigenvalue weighted by Crippen LogP contribution is -2.09. The molecule has 0 atom stereocenters. The highest BCUT2D eigenvalue weighted by atomic mass is 79.9. The van der Waals surface area contributed by atoms with Crippen LogP contribution in [0.4, 0.5) is 0 Å². The zero-order valence-corrected chi connectivity index (χ0v) is 15.5. The first-order chi connectivity index (χ1) is 11.0. The van der Waals surface area contributed by atoms with Crippen LogP contribution in [0.25, 0.3) is 0 Å². The maximum atomic E-state index is 12.3. The number of hydrogen-bond donors (Lipinski definition) is 0. The van der Waals surface area contributed by atoms with Crippen LogP contribution in [0.5, 0.6) is 11.5 Å². The molecule has 0 N–H and O–H groups in total. The Balaban J connectivity index is 2.13. The SMILES string of the molecule is CCCCOc1cccc(C(=O)Oc2c(Cl)cc(Cl)cc2Br)c1. The summed E-state index contributed by atoms with van der Waals surface area (Å²) in [4.78, 5) is 12.3. The van der Waals surface area contributed by atoms with E-state index in [1.807, 2.05) is 0 Å². The zero-order valence-electron chi connectivity index (χ0n) is 12.4. The van der Waals surface area contributed by atoms with Gasteiger partial charge in [-0.05, 0) is 52.7 Å². The summed E-state index contributed by atoms with van der Waals surface area (Å²) in [5.41, 5.74) is 0.386. The number of ether oxygens (including phenoxy) is 2. The van der Waals surface area contributed by atoms with Gasteiger partial charge in [-0.15, -0.1) is 0 Å². The van der Waals surface area contributed by atoms with Crippen molar-refractivity contribution >= 4 is 45.1 Å². The van der Waals surface area contributed by atoms with Crippen molar-refractivity contribution < 1.29 is 14.3 Å². The van der Waals surface area contributed by atoms with Gasteiger partial charge in [0.15, 0.2) is 5.75 Å². The molecule has 0 aromatic heterocycles. The standard InChI is InChI=1S/C17H15BrCl2O3/c1-2-3-7-22-13-6-4-5-11(8-13)17(21)23-16-14(18)9-12(19)10-15(16)20/h4-6,8-10H,2-3,7H2,1H3. The summed E-state index contributed by atoms with van der Waals surface area (Å²) < 4.78 is 11.5. The molecule has 0 aliphatic rings. The molecule has 0 aliphatic heterocycles. The summed E-state index contributed by atoms with van der Waals surface area (Å²) in [6.07, 6.45) is 2.01. The number of unbranched alkanes of at least 4 members (excludes halogenated alkanes) is 1. The molecule has 0 unspecified atom stereocenters. The first-order valence-electron chi connectivity index (χ1n) is 7.11. The Morgan fingerprint density at radius 1 is 1.22 bits per heavy atom. The smallest absolute Gasteiger partial charge is 0.343 e. The van der Waals surface area contributed by atoms with E-state index in [0.717, 1.165) is 12.8 Å². The van der Waals surface area contributed by atoms with E-state index in [1.165, 1.54) is 6.07 Å². The summed E-state index contributed by atoms with van der Waals surface area (Å²) in [6, 6.07) is 9.98. The van der Waals surface area contributed by atoms with Crippen LogP contribution in [-0.4, -0.2) is 12.6 Å². The van der Waals surface area contributed by atoms with Gasteiger partial charge in [0, 0.05) is 5.02 Å². The normalized spacial score (nSPS) is 10.4. The fraction of sp³-hybridized carbons (Fsp3) is 0.235. The third-order valence-corrected chi connectivity index (χ3v) is 4.08. The molecule has 0 spiro atoms. The molecule has 6 heteroatoms. The molecule has 23 heavy (non-hydrogen) atoms. The Kier molecular flexibility index (Phi) is 6.75. The molecule has 122 valence electrons. The Morgan fingerprint density at radius 3 is 2.70 bits per heavy atom. The Labute approximate surface area is 153 Å². The number of hydrogen-bond acceptors (Lipinski definition) is 3. The molecule has 0 aliphatic carbocycles. The molecule has 2 rings (SSSR count). The van der Waals surface area contributed by atoms with Gasteiger partial charge >= 0.3 is 5.97 Å². The third-order valence-electron chi connectivity index (χ3n) is 2.99. The summed E-state index contributed by atoms with van der Waals surface area (Å²) in [6.45, 7) is 2.70. The van der Waals surface area contributed by atoms with Crippen LogP contribution in [0.15, 0.2) is 40.9 Å². The third kappa shape index (κ3) is 5.13. The Bertz CT molecular complexity index is 681. The van der Waals surface area contributed by atoms with Crippen molar-refractivity contribution in [3.8, 4) is 11.5 Å². The van der Waals surface area contributed by atoms with Crippen molar-refractivity contribution in [3.05, 3.63) is 56.5 Å². The van der Waals surface area contributed by atoms with Gasteiger partial charge in [0.2, 0.25) is 0 Å². The van der Waals surface area contributed by atoms with Crippen LogP contribution in [0, 0.1) is 0 Å². The molecule has 0 amide bonds. The van der Waals surface area contributed by atoms with Crippen molar-refractivity contribution in [2.45, 2.75) is 19.8 Å². The molecule has 0 saturated heterocycles. The molecule has 0 fully saturated rings. The average Bonchev–Trinajstić information content (AvgIpc) is 2.51. The van der Waals surface area contributed by atoms with Gasteiger partial charge in [0.25, 0.3) is 0 Å². The lowest BCUT2D eigenvalue weighted by molar-refractivity contribution is 0.0733. The topological polar surface area (TPSA) is 35.5 Å². The minimum Gasteiger partial charge on any atom is -0.494 e. The average molecular weight is 418 g/mol. The lowest BCUT2D eigenvalue weighted by atomic mass is 10.2. The molecular weight excluding hydrogens is 403 g/mol. The highest BCUT2D eigenvalue weighted by Crippen LogP contribution is 2.36. The van der Waals surface area contributed by atoms with Crippen LogP contribution in [0.1, 0.15) is 30.1 Å². The lowest BCUT2D eigenvalue weighted by Gasteiger charge is -2.10. The van der Waals surface area contributed by atoms with Gasteiger partial charge in [-0.1, -0.05) is 42.6 Å². The second kappa shape index (κ2) is 8.57. The first-order valence-corrected chi connectivity index (χ1v) is 8.65. The molecular formula is C17H15BrCl2O3. The quantitative estimate of drug-likeness (QED) is 0.321. The van der Waals surface area contributed by atoms with Crippen LogP contribution in [-0.2, 0) is 0 Å². The molecule has 3 nitrogen and oxygen atoms in total. The van der Waals surface area contributed by atoms with E-state index < -0.39 is 5.97 Å². The summed E-state index contributed by atoms with van der Waals surface area (Å²) in [5, 5.41) is 0.709. The van der Waals surface area contributed by atoms with E-state index in [9.17, 15) is 4.79 Å². The summed E-state index contributed by atoms with van der Waals surface area (Å²) in [7, 11) is 0. The second-order valence-corrected chi connectivity index (χ2v) is 6.52. The van der Waals surface area contributed by atoms with E-state index in [1.54, 1.807) is 30.3 Å². The van der Waals surface area contributed by atoms with Crippen molar-refractivity contribution in [2.75, 3.05) is 6.61 Å². The van der Waals surface area contributed by atoms with Gasteiger partial charge in [0.1, 0.15) is 5.75 Å². The number of halogens is 3. The predicted molar refractivity (Wildman–Crippen MR) is 96.0 cm³/mol. The highest BCUT2D eigenvalue weighted by molar-refractivity contribution is 9.10. The van der Waals surface area contributed by atoms with Gasteiger partial charge in [0.05, 0.1) is 21.7 Å². The summed E-state index contributed by atoms with van der Waals surface area (Å²) >= 11 is 15.2. The Hall–Kier alpha value is -1.23. The van der Waals surface area contributed by atoms with E-state index in [-0.39, 0.29) is 10.8 Å². The van der Waals surface area contributed by atoms with E-state index >= 15 is 0 Å². The van der Waals surface area contributed by atoms with E-state index in [4.69, 9.17) is 32.7 Å². The number of benzene rings is 2. The molecule has 0 saturated carbocycles. The number of rotatable bonds is 6. The van der Waals surface area contributed by atoms with E-state index in [0.29, 0.717) is 27.4 Å². The monoisotopic (exact) mass is 416 g/mol. The molecule has 0 heterocycles. The first kappa shape index (κ1) is 18.1. The van der Waals surface area contributed by atoms with Crippen LogP contribution in [0.3, 0.4) is 0 Å². The number of carbonyl (C=O) groups is 1. The molecule has 0 bridgehead atoms. The largest absolute Gasteiger partial charge is 0.494 e. The van der Waals surface area contributed by atoms with Crippen LogP contribution < -0.4 is 9.47 Å². The van der Waals surface area contributed by atoms with Crippen LogP contribution in [0.2, 0.25) is 10.0 Å². The second-order valence-electron chi connectivity index (χ2n) is 4.82. The molecule has 2 aromatic carbocycles. The number of esters is 1. The highest BCUT2D eigenvalue weighted by Gasteiger charge is 2.15. The Morgan fingerprint density at radius 2 is 2.00 bits per heavy atom. The summed E-state index contributed by atoms with van der Waals surface area (Å²) in [5.74, 6) is 0.350. The fourth-order valence-corrected chi connectivity index (χ4v) is 3.14. The van der Waals surface area contributed by atoms with Crippen molar-refractivity contribution in [1.29, 1.82) is 0 Å². The van der Waals surface area contributed by atoms with Crippen molar-refractivity contribution in [3.63, 3.8) is 0 Å². The fourth-order valence-electron chi connectivity index (χ4n) is 1.83. The van der Waals surface area contributed by atoms with Crippen LogP contribution >= 0.6 is 39.1 Å². The maximum absolute atomic E-state index is 12.3. The zero-order chi connectivity index (χ0) is 16.8. The van der Waals surface area contributed by atoms with Gasteiger partial charge in [-0.3, -0.25) is 0 Å². The minimum atomic E-state index is -0.518.